The minimum absolute atomic E-state index is 0.132. The smallest absolute Gasteiger partial charge is 0.218 e. The van der Waals surface area contributed by atoms with Gasteiger partial charge in [-0.1, -0.05) is 0 Å². The van der Waals surface area contributed by atoms with Crippen molar-refractivity contribution in [3.8, 4) is 0 Å². The molecule has 0 fully saturated rings. The number of carbonyl (C=O) groups excluding carboxylic acids is 2. The molecule has 0 aliphatic rings. The van der Waals surface area contributed by atoms with Gasteiger partial charge in [-0.3, -0.25) is 9.59 Å². The molecule has 8 N–H and O–H groups in total. The van der Waals surface area contributed by atoms with E-state index in [9.17, 15) is 9.59 Å². The number of rotatable bonds is 14. The number of nitrogens with two attached hydrogens (primary N) is 3. The molecule has 23 heavy (non-hydrogen) atoms. The Kier molecular flexibility index (Phi) is 11.6. The molecule has 0 aromatic carbocycles. The zero-order valence-electron chi connectivity index (χ0n) is 14.7. The molecule has 3 atom stereocenters. The highest BCUT2D eigenvalue weighted by molar-refractivity contribution is 5.74. The van der Waals surface area contributed by atoms with Crippen LogP contribution in [-0.4, -0.2) is 67.6 Å². The van der Waals surface area contributed by atoms with Gasteiger partial charge in [0.25, 0.3) is 0 Å². The van der Waals surface area contributed by atoms with Crippen LogP contribution in [0.4, 0.5) is 0 Å². The minimum Gasteiger partial charge on any atom is -0.370 e. The van der Waals surface area contributed by atoms with E-state index in [2.05, 4.69) is 24.5 Å². The number of carbonyl (C=O) groups is 2. The Morgan fingerprint density at radius 3 is 1.83 bits per heavy atom. The third-order valence-corrected chi connectivity index (χ3v) is 3.44. The average Bonchev–Trinajstić information content (AvgIpc) is 2.45. The molecule has 0 bridgehead atoms. The molecule has 3 unspecified atom stereocenters. The van der Waals surface area contributed by atoms with Crippen LogP contribution in [-0.2, 0) is 9.59 Å². The van der Waals surface area contributed by atoms with Gasteiger partial charge in [0.05, 0.1) is 0 Å². The first-order valence-electron chi connectivity index (χ1n) is 8.22. The summed E-state index contributed by atoms with van der Waals surface area (Å²) < 4.78 is 0. The van der Waals surface area contributed by atoms with Gasteiger partial charge in [-0.15, -0.1) is 0 Å². The maximum Gasteiger partial charge on any atom is 0.218 e. The Balaban J connectivity index is 4.15. The Morgan fingerprint density at radius 2 is 1.39 bits per heavy atom. The van der Waals surface area contributed by atoms with Gasteiger partial charge in [-0.2, -0.15) is 0 Å². The van der Waals surface area contributed by atoms with E-state index in [4.69, 9.17) is 17.2 Å². The lowest BCUT2D eigenvalue weighted by molar-refractivity contribution is -0.118. The summed E-state index contributed by atoms with van der Waals surface area (Å²) in [7, 11) is 0. The molecule has 136 valence electrons. The highest BCUT2D eigenvalue weighted by Gasteiger charge is 2.13. The largest absolute Gasteiger partial charge is 0.370 e. The lowest BCUT2D eigenvalue weighted by Gasteiger charge is -2.26. The Labute approximate surface area is 139 Å². The van der Waals surface area contributed by atoms with E-state index in [1.165, 1.54) is 0 Å². The third kappa shape index (κ3) is 14.1. The average molecular weight is 330 g/mol. The van der Waals surface area contributed by atoms with Gasteiger partial charge in [-0.05, 0) is 20.8 Å². The Hall–Kier alpha value is -1.22. The van der Waals surface area contributed by atoms with Gasteiger partial charge in [0.15, 0.2) is 0 Å². The number of hydrogen-bond acceptors (Lipinski definition) is 6. The fourth-order valence-electron chi connectivity index (χ4n) is 2.12. The zero-order chi connectivity index (χ0) is 17.8. The highest BCUT2D eigenvalue weighted by Crippen LogP contribution is 1.98. The first-order chi connectivity index (χ1) is 10.7. The molecule has 8 nitrogen and oxygen atoms in total. The lowest BCUT2D eigenvalue weighted by Crippen LogP contribution is -2.47. The van der Waals surface area contributed by atoms with Crippen LogP contribution in [0, 0.1) is 0 Å². The van der Waals surface area contributed by atoms with E-state index >= 15 is 0 Å². The van der Waals surface area contributed by atoms with Crippen molar-refractivity contribution in [3.63, 3.8) is 0 Å². The van der Waals surface area contributed by atoms with E-state index in [0.29, 0.717) is 19.1 Å². The Morgan fingerprint density at radius 1 is 0.913 bits per heavy atom. The Bertz CT molecular complexity index is 333. The molecule has 0 heterocycles. The maximum absolute atomic E-state index is 10.9. The summed E-state index contributed by atoms with van der Waals surface area (Å²) in [6.45, 7) is 9.51. The van der Waals surface area contributed by atoms with Crippen molar-refractivity contribution < 1.29 is 9.59 Å². The zero-order valence-corrected chi connectivity index (χ0v) is 14.7. The van der Waals surface area contributed by atoms with Crippen molar-refractivity contribution in [1.29, 1.82) is 0 Å². The summed E-state index contributed by atoms with van der Waals surface area (Å²) in [6.07, 6.45) is 0.551. The molecule has 0 aliphatic heterocycles. The standard InChI is InChI=1S/C15H34N6O2/c1-11(16)8-19-12(2)9-20-13(3)10-21(6-4-14(17)22)7-5-15(18)23/h11-13,19-20H,4-10,16H2,1-3H3,(H2,17,22)(H2,18,23). The van der Waals surface area contributed by atoms with Crippen molar-refractivity contribution in [2.75, 3.05) is 32.7 Å². The molecule has 0 saturated carbocycles. The fraction of sp³-hybridized carbons (Fsp3) is 0.867. The van der Waals surface area contributed by atoms with Crippen LogP contribution >= 0.6 is 0 Å². The normalized spacial score (nSPS) is 15.3. The molecule has 0 aliphatic carbocycles. The van der Waals surface area contributed by atoms with Crippen LogP contribution in [0.25, 0.3) is 0 Å². The number of nitrogens with one attached hydrogen (secondary N) is 2. The molecular formula is C15H34N6O2. The molecule has 0 saturated heterocycles. The monoisotopic (exact) mass is 330 g/mol. The molecular weight excluding hydrogens is 296 g/mol. The third-order valence-electron chi connectivity index (χ3n) is 3.44. The highest BCUT2D eigenvalue weighted by atomic mass is 16.1. The van der Waals surface area contributed by atoms with E-state index in [1.54, 1.807) is 0 Å². The van der Waals surface area contributed by atoms with Crippen molar-refractivity contribution in [2.45, 2.75) is 51.7 Å². The van der Waals surface area contributed by atoms with E-state index in [1.807, 2.05) is 11.8 Å². The van der Waals surface area contributed by atoms with Gasteiger partial charge in [0.2, 0.25) is 11.8 Å². The van der Waals surface area contributed by atoms with Crippen LogP contribution in [0.3, 0.4) is 0 Å². The second-order valence-electron chi connectivity index (χ2n) is 6.33. The summed E-state index contributed by atoms with van der Waals surface area (Å²) in [5, 5.41) is 6.78. The van der Waals surface area contributed by atoms with Gasteiger partial charge in [-0.25, -0.2) is 0 Å². The molecule has 0 rings (SSSR count). The molecule has 2 amide bonds. The second-order valence-corrected chi connectivity index (χ2v) is 6.33. The van der Waals surface area contributed by atoms with Gasteiger partial charge in [0.1, 0.15) is 0 Å². The predicted molar refractivity (Wildman–Crippen MR) is 92.6 cm³/mol. The number of primary amides is 2. The molecule has 0 aromatic rings. The molecule has 0 aromatic heterocycles. The number of hydrogen-bond donors (Lipinski definition) is 5. The summed E-state index contributed by atoms with van der Waals surface area (Å²) in [6, 6.07) is 0.663. The van der Waals surface area contributed by atoms with Crippen LogP contribution in [0.2, 0.25) is 0 Å². The van der Waals surface area contributed by atoms with E-state index in [-0.39, 0.29) is 36.7 Å². The van der Waals surface area contributed by atoms with Crippen LogP contribution < -0.4 is 27.8 Å². The van der Waals surface area contributed by atoms with E-state index in [0.717, 1.165) is 19.6 Å². The van der Waals surface area contributed by atoms with Crippen molar-refractivity contribution in [2.24, 2.45) is 17.2 Å². The molecule has 8 heteroatoms. The van der Waals surface area contributed by atoms with Crippen LogP contribution in [0.1, 0.15) is 33.6 Å². The first-order valence-corrected chi connectivity index (χ1v) is 8.22. The summed E-state index contributed by atoms with van der Waals surface area (Å²) in [5.41, 5.74) is 16.1. The van der Waals surface area contributed by atoms with Crippen molar-refractivity contribution >= 4 is 11.8 Å². The lowest BCUT2D eigenvalue weighted by atomic mass is 10.2. The first kappa shape index (κ1) is 21.8. The van der Waals surface area contributed by atoms with Crippen molar-refractivity contribution in [1.82, 2.24) is 15.5 Å². The number of amides is 2. The minimum atomic E-state index is -0.344. The molecule has 0 spiro atoms. The van der Waals surface area contributed by atoms with Crippen LogP contribution in [0.15, 0.2) is 0 Å². The van der Waals surface area contributed by atoms with Gasteiger partial charge < -0.3 is 32.7 Å². The second kappa shape index (κ2) is 12.2. The van der Waals surface area contributed by atoms with Gasteiger partial charge in [0, 0.05) is 63.7 Å². The summed E-state index contributed by atoms with van der Waals surface area (Å²) in [4.78, 5) is 23.9. The maximum atomic E-state index is 10.9. The fourth-order valence-corrected chi connectivity index (χ4v) is 2.12. The van der Waals surface area contributed by atoms with Crippen molar-refractivity contribution in [3.05, 3.63) is 0 Å². The summed E-state index contributed by atoms with van der Waals surface area (Å²) >= 11 is 0. The van der Waals surface area contributed by atoms with Crippen LogP contribution in [0.5, 0.6) is 0 Å². The quantitative estimate of drug-likeness (QED) is 0.258. The van der Waals surface area contributed by atoms with Gasteiger partial charge >= 0.3 is 0 Å². The SMILES string of the molecule is CC(N)CNC(C)CNC(C)CN(CCC(N)=O)CCC(N)=O. The predicted octanol–water partition coefficient (Wildman–Crippen LogP) is -1.66. The number of nitrogens with zero attached hydrogens (tertiary/aromatic N) is 1. The summed E-state index contributed by atoms with van der Waals surface area (Å²) in [5.74, 6) is -0.688. The topological polar surface area (TPSA) is 140 Å². The molecule has 0 radical (unpaired) electrons. The van der Waals surface area contributed by atoms with E-state index < -0.39 is 0 Å².